The second kappa shape index (κ2) is 10.5. The minimum Gasteiger partial charge on any atom is -0.493 e. The zero-order chi connectivity index (χ0) is 27.3. The van der Waals surface area contributed by atoms with Crippen LogP contribution in [0.3, 0.4) is 0 Å². The van der Waals surface area contributed by atoms with Gasteiger partial charge in [0, 0.05) is 17.0 Å². The summed E-state index contributed by atoms with van der Waals surface area (Å²) >= 11 is 7.03. The molecule has 1 atom stereocenters. The summed E-state index contributed by atoms with van der Waals surface area (Å²) in [6, 6.07) is 20.0. The summed E-state index contributed by atoms with van der Waals surface area (Å²) in [5.41, 5.74) is 6.29. The van der Waals surface area contributed by atoms with E-state index in [1.54, 1.807) is 6.07 Å². The maximum absolute atomic E-state index is 14.0. The summed E-state index contributed by atoms with van der Waals surface area (Å²) in [6.07, 6.45) is 3.60. The predicted octanol–water partition coefficient (Wildman–Crippen LogP) is 5.62. The summed E-state index contributed by atoms with van der Waals surface area (Å²) in [6.45, 7) is 1.35. The molecule has 0 radical (unpaired) electrons. The molecule has 3 aromatic carbocycles. The van der Waals surface area contributed by atoms with Crippen molar-refractivity contribution in [3.8, 4) is 11.5 Å². The van der Waals surface area contributed by atoms with Crippen molar-refractivity contribution in [2.24, 2.45) is 4.99 Å². The third kappa shape index (κ3) is 4.81. The molecule has 0 unspecified atom stereocenters. The van der Waals surface area contributed by atoms with Gasteiger partial charge in [0.15, 0.2) is 16.3 Å². The van der Waals surface area contributed by atoms with Crippen molar-refractivity contribution in [1.29, 1.82) is 0 Å². The van der Waals surface area contributed by atoms with Crippen molar-refractivity contribution < 1.29 is 14.3 Å². The molecule has 2 aliphatic rings. The number of ether oxygens (including phenoxy) is 2. The normalized spacial score (nSPS) is 16.2. The molecule has 0 saturated heterocycles. The van der Waals surface area contributed by atoms with Gasteiger partial charge in [0.25, 0.3) is 5.56 Å². The van der Waals surface area contributed by atoms with Gasteiger partial charge in [0.2, 0.25) is 0 Å². The van der Waals surface area contributed by atoms with Crippen molar-refractivity contribution in [1.82, 2.24) is 4.57 Å². The number of thiazole rings is 1. The number of hydrogen-bond acceptors (Lipinski definition) is 6. The number of fused-ring (bicyclic) bond motifs is 3. The van der Waals surface area contributed by atoms with Gasteiger partial charge in [0.05, 0.1) is 27.0 Å². The fourth-order valence-electron chi connectivity index (χ4n) is 5.18. The van der Waals surface area contributed by atoms with Gasteiger partial charge < -0.3 is 9.47 Å². The molecular formula is C30H22BrIN2O4S. The zero-order valence-electron chi connectivity index (χ0n) is 21.0. The number of aromatic nitrogens is 1. The summed E-state index contributed by atoms with van der Waals surface area (Å²) in [7, 11) is 1.52. The Bertz CT molecular complexity index is 1860. The van der Waals surface area contributed by atoms with E-state index in [4.69, 9.17) is 14.5 Å². The second-order valence-corrected chi connectivity index (χ2v) is 12.4. The molecule has 0 bridgehead atoms. The van der Waals surface area contributed by atoms with Crippen molar-refractivity contribution in [2.45, 2.75) is 25.8 Å². The molecule has 6 rings (SSSR count). The molecular weight excluding hydrogens is 691 g/mol. The number of rotatable bonds is 4. The highest BCUT2D eigenvalue weighted by Gasteiger charge is 2.32. The molecule has 6 nitrogen and oxygen atoms in total. The molecule has 2 heterocycles. The lowest BCUT2D eigenvalue weighted by Crippen LogP contribution is -2.38. The third-order valence-electron chi connectivity index (χ3n) is 6.85. The number of nitrogens with zero attached hydrogens (tertiary/aromatic N) is 2. The molecule has 0 fully saturated rings. The van der Waals surface area contributed by atoms with Crippen molar-refractivity contribution >= 4 is 67.6 Å². The van der Waals surface area contributed by atoms with Gasteiger partial charge in [-0.05, 0) is 88.0 Å². The van der Waals surface area contributed by atoms with Crippen LogP contribution in [0.4, 0.5) is 0 Å². The largest absolute Gasteiger partial charge is 0.493 e. The number of benzene rings is 3. The average molecular weight is 713 g/mol. The van der Waals surface area contributed by atoms with Crippen LogP contribution in [0.25, 0.3) is 11.8 Å². The number of allylic oxidation sites excluding steroid dienone is 1. The summed E-state index contributed by atoms with van der Waals surface area (Å²) < 4.78 is 14.9. The molecule has 0 spiro atoms. The fourth-order valence-corrected chi connectivity index (χ4v) is 7.19. The Labute approximate surface area is 250 Å². The van der Waals surface area contributed by atoms with Crippen LogP contribution in [0.1, 0.15) is 41.6 Å². The molecule has 196 valence electrons. The highest BCUT2D eigenvalue weighted by molar-refractivity contribution is 14.1. The van der Waals surface area contributed by atoms with E-state index in [0.29, 0.717) is 24.4 Å². The number of carbonyl (C=O) groups is 1. The van der Waals surface area contributed by atoms with Crippen molar-refractivity contribution in [3.63, 3.8) is 0 Å². The number of methoxy groups -OCH3 is 1. The maximum Gasteiger partial charge on any atom is 0.308 e. The summed E-state index contributed by atoms with van der Waals surface area (Å²) in [5.74, 6) is 0.368. The lowest BCUT2D eigenvalue weighted by molar-refractivity contribution is -0.132. The van der Waals surface area contributed by atoms with Crippen molar-refractivity contribution in [3.05, 3.63) is 116 Å². The fraction of sp³-hybridized carbons (Fsp3) is 0.167. The molecule has 39 heavy (non-hydrogen) atoms. The third-order valence-corrected chi connectivity index (χ3v) is 9.17. The van der Waals surface area contributed by atoms with Crippen LogP contribution < -0.4 is 24.4 Å². The van der Waals surface area contributed by atoms with Gasteiger partial charge in [-0.3, -0.25) is 14.2 Å². The Kier molecular flexibility index (Phi) is 7.07. The van der Waals surface area contributed by atoms with E-state index in [9.17, 15) is 9.59 Å². The first-order valence-electron chi connectivity index (χ1n) is 12.3. The summed E-state index contributed by atoms with van der Waals surface area (Å²) in [4.78, 5) is 31.3. The van der Waals surface area contributed by atoms with Gasteiger partial charge in [0.1, 0.15) is 0 Å². The first-order valence-corrected chi connectivity index (χ1v) is 15.0. The first-order chi connectivity index (χ1) is 18.8. The SMILES string of the molecule is COc1cc(/C=c2/sc3n(c2=O)[C@H](c2ccc(Br)cc2)C2=C(N=3)c3ccccc3CC2)cc(I)c1OC(C)=O. The Morgan fingerprint density at radius 3 is 2.67 bits per heavy atom. The van der Waals surface area contributed by atoms with Crippen LogP contribution in [0.15, 0.2) is 80.5 Å². The Balaban J connectivity index is 1.56. The molecule has 1 aliphatic carbocycles. The van der Waals surface area contributed by atoms with E-state index in [1.165, 1.54) is 30.9 Å². The van der Waals surface area contributed by atoms with Gasteiger partial charge >= 0.3 is 5.97 Å². The number of halogens is 2. The van der Waals surface area contributed by atoms with Crippen LogP contribution in [0, 0.1) is 3.57 Å². The van der Waals surface area contributed by atoms with E-state index in [0.717, 1.165) is 45.3 Å². The number of esters is 1. The molecule has 1 aromatic heterocycles. The Morgan fingerprint density at radius 1 is 1.15 bits per heavy atom. The number of hydrogen-bond donors (Lipinski definition) is 0. The standard InChI is InChI=1S/C30H22BrIN2O4S/c1-16(35)38-28-23(32)13-17(14-24(28)37-2)15-25-29(36)34-27(19-7-10-20(31)11-8-19)22-12-9-18-5-3-4-6-21(18)26(22)33-30(34)39-25/h3-8,10-11,13-15,27H,9,12H2,1-2H3/b25-15+/t27-/m1/s1. The minimum atomic E-state index is -0.425. The van der Waals surface area contributed by atoms with Crippen LogP contribution in [-0.4, -0.2) is 17.6 Å². The van der Waals surface area contributed by atoms with E-state index in [-0.39, 0.29) is 11.6 Å². The van der Waals surface area contributed by atoms with Gasteiger partial charge in [-0.25, -0.2) is 4.99 Å². The zero-order valence-corrected chi connectivity index (χ0v) is 25.6. The molecule has 0 N–H and O–H groups in total. The van der Waals surface area contributed by atoms with E-state index >= 15 is 0 Å². The maximum atomic E-state index is 14.0. The second-order valence-electron chi connectivity index (χ2n) is 9.29. The average Bonchev–Trinajstić information content (AvgIpc) is 3.23. The topological polar surface area (TPSA) is 69.9 Å². The van der Waals surface area contributed by atoms with Crippen LogP contribution in [-0.2, 0) is 11.2 Å². The first kappa shape index (κ1) is 26.2. The number of aryl methyl sites for hydroxylation is 1. The van der Waals surface area contributed by atoms with Crippen LogP contribution in [0.5, 0.6) is 11.5 Å². The highest BCUT2D eigenvalue weighted by Crippen LogP contribution is 2.41. The van der Waals surface area contributed by atoms with E-state index in [1.807, 2.05) is 34.9 Å². The molecule has 1 aliphatic heterocycles. The van der Waals surface area contributed by atoms with Gasteiger partial charge in [-0.15, -0.1) is 0 Å². The van der Waals surface area contributed by atoms with Gasteiger partial charge in [-0.2, -0.15) is 0 Å². The minimum absolute atomic E-state index is 0.0879. The quantitative estimate of drug-likeness (QED) is 0.157. The lowest BCUT2D eigenvalue weighted by atomic mass is 9.83. The van der Waals surface area contributed by atoms with Crippen LogP contribution in [0.2, 0.25) is 0 Å². The monoisotopic (exact) mass is 712 g/mol. The Morgan fingerprint density at radius 2 is 1.92 bits per heavy atom. The van der Waals surface area contributed by atoms with E-state index in [2.05, 4.69) is 68.9 Å². The van der Waals surface area contributed by atoms with Crippen molar-refractivity contribution in [2.75, 3.05) is 7.11 Å². The smallest absolute Gasteiger partial charge is 0.308 e. The summed E-state index contributed by atoms with van der Waals surface area (Å²) in [5, 5.41) is 0. The van der Waals surface area contributed by atoms with E-state index < -0.39 is 5.97 Å². The molecule has 0 saturated carbocycles. The molecule has 0 amide bonds. The predicted molar refractivity (Wildman–Crippen MR) is 164 cm³/mol. The lowest BCUT2D eigenvalue weighted by Gasteiger charge is -2.30. The highest BCUT2D eigenvalue weighted by atomic mass is 127. The van der Waals surface area contributed by atoms with Gasteiger partial charge in [-0.1, -0.05) is 63.7 Å². The Hall–Kier alpha value is -3.02. The molecule has 9 heteroatoms. The number of carbonyl (C=O) groups excluding carboxylic acids is 1. The van der Waals surface area contributed by atoms with Crippen LogP contribution >= 0.6 is 49.9 Å². The molecule has 4 aromatic rings.